The molecule has 24 heavy (non-hydrogen) atoms. The maximum Gasteiger partial charge on any atom is 0.321 e. The van der Waals surface area contributed by atoms with Crippen molar-refractivity contribution in [3.8, 4) is 0 Å². The monoisotopic (exact) mass is 343 g/mol. The minimum Gasteiger partial charge on any atom is -0.368 e. The van der Waals surface area contributed by atoms with Crippen LogP contribution in [0, 0.1) is 0 Å². The summed E-state index contributed by atoms with van der Waals surface area (Å²) in [5.74, 6) is 0. The summed E-state index contributed by atoms with van der Waals surface area (Å²) < 4.78 is 0. The van der Waals surface area contributed by atoms with Gasteiger partial charge in [0.2, 0.25) is 0 Å². The fourth-order valence-electron chi connectivity index (χ4n) is 3.04. The van der Waals surface area contributed by atoms with Crippen LogP contribution in [0.2, 0.25) is 5.02 Å². The molecule has 1 saturated heterocycles. The Balaban J connectivity index is 1.59. The number of rotatable bonds is 3. The second-order valence-electron chi connectivity index (χ2n) is 5.90. The Labute approximate surface area is 148 Å². The lowest BCUT2D eigenvalue weighted by molar-refractivity contribution is 0.208. The normalized spacial score (nSPS) is 14.6. The van der Waals surface area contributed by atoms with Gasteiger partial charge in [0.15, 0.2) is 0 Å². The number of anilines is 2. The number of piperazine rings is 1. The summed E-state index contributed by atoms with van der Waals surface area (Å²) in [6.45, 7) is 5.29. The topological polar surface area (TPSA) is 35.6 Å². The van der Waals surface area contributed by atoms with Crippen LogP contribution in [0.3, 0.4) is 0 Å². The summed E-state index contributed by atoms with van der Waals surface area (Å²) in [7, 11) is 0. The number of hydrogen-bond donors (Lipinski definition) is 1. The molecule has 1 aliphatic heterocycles. The van der Waals surface area contributed by atoms with Crippen LogP contribution in [0.25, 0.3) is 0 Å². The van der Waals surface area contributed by atoms with Crippen molar-refractivity contribution in [3.63, 3.8) is 0 Å². The SMILES string of the molecule is CCc1ccccc1N1CCN(C(=O)Nc2cccc(Cl)c2)CC1. The number of carbonyl (C=O) groups excluding carboxylic acids is 1. The van der Waals surface area contributed by atoms with E-state index in [1.807, 2.05) is 17.0 Å². The van der Waals surface area contributed by atoms with Gasteiger partial charge in [-0.3, -0.25) is 0 Å². The fraction of sp³-hybridized carbons (Fsp3) is 0.316. The Hall–Kier alpha value is -2.20. The smallest absolute Gasteiger partial charge is 0.321 e. The van der Waals surface area contributed by atoms with E-state index in [1.54, 1.807) is 12.1 Å². The Morgan fingerprint density at radius 2 is 1.83 bits per heavy atom. The van der Waals surface area contributed by atoms with Gasteiger partial charge in [0.25, 0.3) is 0 Å². The molecule has 0 bridgehead atoms. The van der Waals surface area contributed by atoms with Crippen molar-refractivity contribution in [1.82, 2.24) is 4.90 Å². The summed E-state index contributed by atoms with van der Waals surface area (Å²) in [5.41, 5.74) is 3.37. The van der Waals surface area contributed by atoms with Gasteiger partial charge in [0.05, 0.1) is 0 Å². The Kier molecular flexibility index (Phi) is 5.26. The zero-order valence-electron chi connectivity index (χ0n) is 13.8. The van der Waals surface area contributed by atoms with Crippen LogP contribution in [-0.4, -0.2) is 37.1 Å². The number of amides is 2. The molecule has 0 saturated carbocycles. The zero-order chi connectivity index (χ0) is 16.9. The molecular formula is C19H22ClN3O. The first kappa shape index (κ1) is 16.7. The molecule has 2 aromatic carbocycles. The predicted molar refractivity (Wildman–Crippen MR) is 100 cm³/mol. The molecule has 1 heterocycles. The maximum atomic E-state index is 12.4. The second kappa shape index (κ2) is 7.58. The van der Waals surface area contributed by atoms with E-state index in [-0.39, 0.29) is 6.03 Å². The summed E-state index contributed by atoms with van der Waals surface area (Å²) in [5, 5.41) is 3.53. The lowest BCUT2D eigenvalue weighted by Crippen LogP contribution is -2.50. The Morgan fingerprint density at radius 1 is 1.08 bits per heavy atom. The minimum absolute atomic E-state index is 0.0688. The first-order valence-corrected chi connectivity index (χ1v) is 8.69. The second-order valence-corrected chi connectivity index (χ2v) is 6.33. The van der Waals surface area contributed by atoms with Gasteiger partial charge < -0.3 is 15.1 Å². The van der Waals surface area contributed by atoms with Crippen LogP contribution in [0.4, 0.5) is 16.2 Å². The van der Waals surface area contributed by atoms with Crippen LogP contribution in [0.5, 0.6) is 0 Å². The van der Waals surface area contributed by atoms with Gasteiger partial charge in [0, 0.05) is 42.6 Å². The van der Waals surface area contributed by atoms with Crippen molar-refractivity contribution >= 4 is 29.0 Å². The molecule has 0 radical (unpaired) electrons. The number of urea groups is 1. The molecule has 5 heteroatoms. The molecule has 1 aliphatic rings. The summed E-state index contributed by atoms with van der Waals surface area (Å²) >= 11 is 5.96. The zero-order valence-corrected chi connectivity index (χ0v) is 14.6. The summed E-state index contributed by atoms with van der Waals surface area (Å²) in [6.07, 6.45) is 1.02. The first-order chi connectivity index (χ1) is 11.7. The van der Waals surface area contributed by atoms with Gasteiger partial charge >= 0.3 is 6.03 Å². The number of halogens is 1. The van der Waals surface area contributed by atoms with Crippen LogP contribution < -0.4 is 10.2 Å². The van der Waals surface area contributed by atoms with E-state index in [0.717, 1.165) is 25.2 Å². The average molecular weight is 344 g/mol. The van der Waals surface area contributed by atoms with Crippen LogP contribution in [0.1, 0.15) is 12.5 Å². The summed E-state index contributed by atoms with van der Waals surface area (Å²) in [6, 6.07) is 15.7. The lowest BCUT2D eigenvalue weighted by Gasteiger charge is -2.37. The van der Waals surface area contributed by atoms with E-state index in [2.05, 4.69) is 41.4 Å². The van der Waals surface area contributed by atoms with Crippen molar-refractivity contribution in [2.75, 3.05) is 36.4 Å². The quantitative estimate of drug-likeness (QED) is 0.904. The number of para-hydroxylation sites is 1. The number of benzene rings is 2. The third kappa shape index (κ3) is 3.82. The van der Waals surface area contributed by atoms with Gasteiger partial charge in [0.1, 0.15) is 0 Å². The van der Waals surface area contributed by atoms with Gasteiger partial charge in [-0.25, -0.2) is 4.79 Å². The van der Waals surface area contributed by atoms with E-state index in [9.17, 15) is 4.79 Å². The number of nitrogens with zero attached hydrogens (tertiary/aromatic N) is 2. The summed E-state index contributed by atoms with van der Waals surface area (Å²) in [4.78, 5) is 16.6. The van der Waals surface area contributed by atoms with Crippen LogP contribution >= 0.6 is 11.6 Å². The highest BCUT2D eigenvalue weighted by molar-refractivity contribution is 6.30. The van der Waals surface area contributed by atoms with Crippen molar-refractivity contribution in [1.29, 1.82) is 0 Å². The molecule has 0 unspecified atom stereocenters. The molecule has 2 amide bonds. The number of carbonyl (C=O) groups is 1. The van der Waals surface area contributed by atoms with Crippen molar-refractivity contribution in [2.45, 2.75) is 13.3 Å². The molecular weight excluding hydrogens is 322 g/mol. The number of hydrogen-bond acceptors (Lipinski definition) is 2. The van der Waals surface area contributed by atoms with E-state index < -0.39 is 0 Å². The van der Waals surface area contributed by atoms with E-state index in [0.29, 0.717) is 18.1 Å². The standard InChI is InChI=1S/C19H22ClN3O/c1-2-15-6-3-4-9-18(15)22-10-12-23(13-11-22)19(24)21-17-8-5-7-16(20)14-17/h3-9,14H,2,10-13H2,1H3,(H,21,24). The molecule has 1 fully saturated rings. The Bertz CT molecular complexity index is 711. The molecule has 3 rings (SSSR count). The number of nitrogens with one attached hydrogen (secondary N) is 1. The molecule has 126 valence electrons. The van der Waals surface area contributed by atoms with Crippen LogP contribution in [0.15, 0.2) is 48.5 Å². The predicted octanol–water partition coefficient (Wildman–Crippen LogP) is 4.26. The molecule has 4 nitrogen and oxygen atoms in total. The van der Waals surface area contributed by atoms with Crippen molar-refractivity contribution in [2.24, 2.45) is 0 Å². The average Bonchev–Trinajstić information content (AvgIpc) is 2.62. The molecule has 0 aliphatic carbocycles. The largest absolute Gasteiger partial charge is 0.368 e. The third-order valence-electron chi connectivity index (χ3n) is 4.36. The number of aryl methyl sites for hydroxylation is 1. The van der Waals surface area contributed by atoms with Crippen molar-refractivity contribution in [3.05, 3.63) is 59.1 Å². The van der Waals surface area contributed by atoms with Crippen LogP contribution in [-0.2, 0) is 6.42 Å². The third-order valence-corrected chi connectivity index (χ3v) is 4.59. The molecule has 0 aromatic heterocycles. The highest BCUT2D eigenvalue weighted by Gasteiger charge is 2.22. The molecule has 0 spiro atoms. The van der Waals surface area contributed by atoms with Gasteiger partial charge in [-0.15, -0.1) is 0 Å². The van der Waals surface area contributed by atoms with E-state index >= 15 is 0 Å². The molecule has 0 atom stereocenters. The van der Waals surface area contributed by atoms with Gasteiger partial charge in [-0.1, -0.05) is 42.8 Å². The van der Waals surface area contributed by atoms with Gasteiger partial charge in [-0.05, 0) is 36.2 Å². The fourth-order valence-corrected chi connectivity index (χ4v) is 3.23. The van der Waals surface area contributed by atoms with E-state index in [1.165, 1.54) is 11.3 Å². The highest BCUT2D eigenvalue weighted by Crippen LogP contribution is 2.22. The van der Waals surface area contributed by atoms with E-state index in [4.69, 9.17) is 11.6 Å². The minimum atomic E-state index is -0.0688. The molecule has 1 N–H and O–H groups in total. The maximum absolute atomic E-state index is 12.4. The first-order valence-electron chi connectivity index (χ1n) is 8.31. The van der Waals surface area contributed by atoms with Gasteiger partial charge in [-0.2, -0.15) is 0 Å². The highest BCUT2D eigenvalue weighted by atomic mass is 35.5. The lowest BCUT2D eigenvalue weighted by atomic mass is 10.1. The van der Waals surface area contributed by atoms with Crippen molar-refractivity contribution < 1.29 is 4.79 Å². The molecule has 2 aromatic rings. The Morgan fingerprint density at radius 3 is 2.54 bits per heavy atom.